The van der Waals surface area contributed by atoms with Crippen molar-refractivity contribution >= 4 is 29.9 Å². The summed E-state index contributed by atoms with van der Waals surface area (Å²) in [7, 11) is 1.68. The lowest BCUT2D eigenvalue weighted by atomic mass is 10.3. The fourth-order valence-corrected chi connectivity index (χ4v) is 2.28. The van der Waals surface area contributed by atoms with Gasteiger partial charge in [-0.3, -0.25) is 0 Å². The summed E-state index contributed by atoms with van der Waals surface area (Å²) in [6.07, 6.45) is 1.84. The lowest BCUT2D eigenvalue weighted by Crippen LogP contribution is -2.38. The first-order valence-corrected chi connectivity index (χ1v) is 8.13. The van der Waals surface area contributed by atoms with Gasteiger partial charge < -0.3 is 15.4 Å². The van der Waals surface area contributed by atoms with Crippen molar-refractivity contribution in [2.45, 2.75) is 27.3 Å². The molecule has 2 aromatic heterocycles. The number of aryl methyl sites for hydroxylation is 2. The Kier molecular flexibility index (Phi) is 9.43. The van der Waals surface area contributed by atoms with Crippen LogP contribution < -0.4 is 10.6 Å². The number of aliphatic imine (C=N–C) groups is 1. The van der Waals surface area contributed by atoms with Crippen LogP contribution in [0, 0.1) is 13.8 Å². The molecule has 2 N–H and O–H groups in total. The highest BCUT2D eigenvalue weighted by molar-refractivity contribution is 14.0. The maximum Gasteiger partial charge on any atom is 0.191 e. The summed E-state index contributed by atoms with van der Waals surface area (Å²) in [6.45, 7) is 8.78. The van der Waals surface area contributed by atoms with Gasteiger partial charge in [0.2, 0.25) is 0 Å². The van der Waals surface area contributed by atoms with Gasteiger partial charge in [-0.15, -0.1) is 24.0 Å². The van der Waals surface area contributed by atoms with Gasteiger partial charge in [-0.1, -0.05) is 6.07 Å². The van der Waals surface area contributed by atoms with Crippen molar-refractivity contribution in [3.05, 3.63) is 41.3 Å². The Hall–Kier alpha value is -1.68. The number of nitrogens with zero attached hydrogens (tertiary/aromatic N) is 4. The topological polar surface area (TPSA) is 76.4 Å². The van der Waals surface area contributed by atoms with E-state index in [0.29, 0.717) is 13.2 Å². The van der Waals surface area contributed by atoms with Crippen LogP contribution in [-0.4, -0.2) is 47.5 Å². The van der Waals surface area contributed by atoms with E-state index in [-0.39, 0.29) is 24.0 Å². The molecule has 138 valence electrons. The molecule has 0 spiro atoms. The van der Waals surface area contributed by atoms with Crippen LogP contribution in [-0.2, 0) is 11.3 Å². The Bertz CT molecular complexity index is 668. The molecule has 0 atom stereocenters. The normalized spacial score (nSPS) is 11.1. The van der Waals surface area contributed by atoms with Crippen molar-refractivity contribution in [1.82, 2.24) is 25.4 Å². The first-order chi connectivity index (χ1) is 11.6. The van der Waals surface area contributed by atoms with Crippen LogP contribution in [0.15, 0.2) is 29.4 Å². The van der Waals surface area contributed by atoms with Crippen molar-refractivity contribution in [1.29, 1.82) is 0 Å². The van der Waals surface area contributed by atoms with Gasteiger partial charge in [0.15, 0.2) is 11.8 Å². The first kappa shape index (κ1) is 21.4. The van der Waals surface area contributed by atoms with E-state index in [1.165, 1.54) is 0 Å². The van der Waals surface area contributed by atoms with Crippen molar-refractivity contribution in [2.24, 2.45) is 4.99 Å². The number of rotatable bonds is 7. The molecule has 2 rings (SSSR count). The largest absolute Gasteiger partial charge is 0.383 e. The number of pyridine rings is 1. The van der Waals surface area contributed by atoms with Crippen molar-refractivity contribution in [2.75, 3.05) is 26.8 Å². The van der Waals surface area contributed by atoms with E-state index >= 15 is 0 Å². The van der Waals surface area contributed by atoms with E-state index in [9.17, 15) is 0 Å². The van der Waals surface area contributed by atoms with E-state index < -0.39 is 0 Å². The molecule has 0 amide bonds. The Morgan fingerprint density at radius 3 is 2.64 bits per heavy atom. The second-order valence-electron chi connectivity index (χ2n) is 5.48. The second kappa shape index (κ2) is 11.0. The summed E-state index contributed by atoms with van der Waals surface area (Å²) in [5.74, 6) is 1.59. The molecule has 0 aliphatic heterocycles. The molecule has 0 aliphatic rings. The lowest BCUT2D eigenvalue weighted by molar-refractivity contribution is 0.203. The zero-order valence-corrected chi connectivity index (χ0v) is 17.6. The van der Waals surface area contributed by atoms with E-state index in [4.69, 9.17) is 4.74 Å². The fraction of sp³-hybridized carbons (Fsp3) is 0.471. The molecule has 7 nitrogen and oxygen atoms in total. The van der Waals surface area contributed by atoms with Crippen LogP contribution in [0.25, 0.3) is 5.82 Å². The van der Waals surface area contributed by atoms with Gasteiger partial charge in [-0.05, 0) is 38.5 Å². The molecule has 25 heavy (non-hydrogen) atoms. The van der Waals surface area contributed by atoms with Gasteiger partial charge in [-0.25, -0.2) is 14.7 Å². The molecule has 0 unspecified atom stereocenters. The molecular formula is C17H27IN6O. The minimum Gasteiger partial charge on any atom is -0.383 e. The first-order valence-electron chi connectivity index (χ1n) is 8.13. The van der Waals surface area contributed by atoms with Gasteiger partial charge >= 0.3 is 0 Å². The number of halogens is 1. The van der Waals surface area contributed by atoms with Crippen molar-refractivity contribution in [3.8, 4) is 5.82 Å². The molecular weight excluding hydrogens is 431 g/mol. The zero-order chi connectivity index (χ0) is 17.4. The quantitative estimate of drug-likeness (QED) is 0.288. The molecule has 2 heterocycles. The van der Waals surface area contributed by atoms with Crippen LogP contribution in [0.3, 0.4) is 0 Å². The van der Waals surface area contributed by atoms with Gasteiger partial charge in [0.25, 0.3) is 0 Å². The number of guanidine groups is 1. The average molecular weight is 458 g/mol. The van der Waals surface area contributed by atoms with Crippen LogP contribution in [0.1, 0.15) is 23.9 Å². The van der Waals surface area contributed by atoms with E-state index in [1.807, 2.05) is 49.8 Å². The highest BCUT2D eigenvalue weighted by Crippen LogP contribution is 2.10. The predicted molar refractivity (Wildman–Crippen MR) is 111 cm³/mol. The third-order valence-corrected chi connectivity index (χ3v) is 3.40. The number of aromatic nitrogens is 3. The molecule has 0 saturated heterocycles. The maximum absolute atomic E-state index is 5.04. The third kappa shape index (κ3) is 6.62. The van der Waals surface area contributed by atoms with E-state index in [1.54, 1.807) is 7.11 Å². The molecule has 0 aromatic carbocycles. The van der Waals surface area contributed by atoms with E-state index in [0.717, 1.165) is 41.8 Å². The van der Waals surface area contributed by atoms with Crippen molar-refractivity contribution in [3.63, 3.8) is 0 Å². The second-order valence-corrected chi connectivity index (χ2v) is 5.48. The van der Waals surface area contributed by atoms with Gasteiger partial charge in [0, 0.05) is 32.1 Å². The summed E-state index contributed by atoms with van der Waals surface area (Å²) in [5.41, 5.74) is 3.10. The summed E-state index contributed by atoms with van der Waals surface area (Å²) >= 11 is 0. The Morgan fingerprint density at radius 1 is 1.28 bits per heavy atom. The van der Waals surface area contributed by atoms with Crippen LogP contribution in [0.5, 0.6) is 0 Å². The lowest BCUT2D eigenvalue weighted by Gasteiger charge is -2.10. The Labute approximate surface area is 166 Å². The van der Waals surface area contributed by atoms with Gasteiger partial charge in [0.05, 0.1) is 18.8 Å². The van der Waals surface area contributed by atoms with E-state index in [2.05, 4.69) is 25.7 Å². The molecule has 8 heteroatoms. The van der Waals surface area contributed by atoms with Crippen LogP contribution in [0.2, 0.25) is 0 Å². The number of hydrogen-bond donors (Lipinski definition) is 2. The van der Waals surface area contributed by atoms with Crippen LogP contribution >= 0.6 is 24.0 Å². The zero-order valence-electron chi connectivity index (χ0n) is 15.2. The predicted octanol–water partition coefficient (Wildman–Crippen LogP) is 2.20. The van der Waals surface area contributed by atoms with Gasteiger partial charge in [0.1, 0.15) is 0 Å². The highest BCUT2D eigenvalue weighted by atomic mass is 127. The maximum atomic E-state index is 5.04. The number of hydrogen-bond acceptors (Lipinski definition) is 4. The van der Waals surface area contributed by atoms with Crippen LogP contribution in [0.4, 0.5) is 0 Å². The monoisotopic (exact) mass is 458 g/mol. The summed E-state index contributed by atoms with van der Waals surface area (Å²) < 4.78 is 6.88. The van der Waals surface area contributed by atoms with Gasteiger partial charge in [-0.2, -0.15) is 5.10 Å². The molecule has 0 radical (unpaired) electrons. The SMILES string of the molecule is CCNC(=NCc1ccc(-n2nc(C)cc2C)nc1)NCCOC.I. The standard InChI is InChI=1S/C17H26N6O.HI/c1-5-18-17(19-8-9-24-4)21-12-15-6-7-16(20-11-15)23-14(3)10-13(2)22-23;/h6-7,10-11H,5,8-9,12H2,1-4H3,(H2,18,19,21);1H. The molecule has 0 fully saturated rings. The number of ether oxygens (including phenoxy) is 1. The molecule has 0 aliphatic carbocycles. The average Bonchev–Trinajstić information content (AvgIpc) is 2.92. The minimum absolute atomic E-state index is 0. The summed E-state index contributed by atoms with van der Waals surface area (Å²) in [6, 6.07) is 6.03. The molecule has 0 saturated carbocycles. The summed E-state index contributed by atoms with van der Waals surface area (Å²) in [4.78, 5) is 9.05. The fourth-order valence-electron chi connectivity index (χ4n) is 2.28. The number of nitrogens with one attached hydrogen (secondary N) is 2. The minimum atomic E-state index is 0. The Morgan fingerprint density at radius 2 is 2.08 bits per heavy atom. The highest BCUT2D eigenvalue weighted by Gasteiger charge is 2.05. The third-order valence-electron chi connectivity index (χ3n) is 3.40. The molecule has 2 aromatic rings. The Balaban J connectivity index is 0.00000312. The van der Waals surface area contributed by atoms with Crippen molar-refractivity contribution < 1.29 is 4.74 Å². The summed E-state index contributed by atoms with van der Waals surface area (Å²) in [5, 5.41) is 10.9. The molecule has 0 bridgehead atoms. The number of methoxy groups -OCH3 is 1. The smallest absolute Gasteiger partial charge is 0.191 e.